The first-order valence-electron chi connectivity index (χ1n) is 6.25. The predicted octanol–water partition coefficient (Wildman–Crippen LogP) is 2.09. The van der Waals surface area contributed by atoms with Crippen molar-refractivity contribution in [2.24, 2.45) is 0 Å². The number of hydrogen-bond acceptors (Lipinski definition) is 4. The lowest BCUT2D eigenvalue weighted by Gasteiger charge is -2.13. The van der Waals surface area contributed by atoms with Gasteiger partial charge in [0.25, 0.3) is 0 Å². The maximum absolute atomic E-state index is 5.61. The van der Waals surface area contributed by atoms with Gasteiger partial charge in [0, 0.05) is 26.3 Å². The summed E-state index contributed by atoms with van der Waals surface area (Å²) in [5, 5.41) is 3.38. The normalized spacial score (nSPS) is 12.2. The van der Waals surface area contributed by atoms with Crippen LogP contribution in [0.4, 0.5) is 0 Å². The zero-order chi connectivity index (χ0) is 13.2. The van der Waals surface area contributed by atoms with Gasteiger partial charge in [-0.1, -0.05) is 0 Å². The summed E-state index contributed by atoms with van der Waals surface area (Å²) in [6, 6.07) is 8.05. The van der Waals surface area contributed by atoms with Crippen LogP contribution in [0.2, 0.25) is 0 Å². The predicted molar refractivity (Wildman–Crippen MR) is 72.4 cm³/mol. The highest BCUT2D eigenvalue weighted by Gasteiger charge is 2.00. The molecule has 1 aromatic carbocycles. The van der Waals surface area contributed by atoms with Crippen molar-refractivity contribution in [3.8, 4) is 11.5 Å². The van der Waals surface area contributed by atoms with E-state index in [4.69, 9.17) is 14.2 Å². The molecule has 4 nitrogen and oxygen atoms in total. The first-order chi connectivity index (χ1) is 8.76. The molecule has 0 radical (unpaired) electrons. The molecule has 0 aliphatic rings. The van der Waals surface area contributed by atoms with Gasteiger partial charge in [-0.05, 0) is 37.6 Å². The molecule has 0 fully saturated rings. The van der Waals surface area contributed by atoms with Gasteiger partial charge in [0.05, 0.1) is 7.11 Å². The molecule has 0 heterocycles. The highest BCUT2D eigenvalue weighted by atomic mass is 16.5. The van der Waals surface area contributed by atoms with Crippen LogP contribution in [-0.4, -0.2) is 40.0 Å². The van der Waals surface area contributed by atoms with Crippen LogP contribution in [0, 0.1) is 0 Å². The Morgan fingerprint density at radius 1 is 1.06 bits per heavy atom. The molecular formula is C14H23NO3. The van der Waals surface area contributed by atoms with Crippen LogP contribution in [-0.2, 0) is 4.74 Å². The van der Waals surface area contributed by atoms with E-state index in [0.29, 0.717) is 12.6 Å². The third-order valence-corrected chi connectivity index (χ3v) is 2.68. The standard InChI is InChI=1S/C14H23NO3/c1-12(8-10-16-2)15-9-11-18-14-6-4-13(17-3)5-7-14/h4-7,12,15H,8-11H2,1-3H3. The molecule has 102 valence electrons. The van der Waals surface area contributed by atoms with Gasteiger partial charge in [0.1, 0.15) is 18.1 Å². The van der Waals surface area contributed by atoms with Crippen LogP contribution in [0.25, 0.3) is 0 Å². The molecule has 0 saturated carbocycles. The molecule has 0 aliphatic heterocycles. The smallest absolute Gasteiger partial charge is 0.119 e. The molecular weight excluding hydrogens is 230 g/mol. The van der Waals surface area contributed by atoms with Crippen molar-refractivity contribution in [3.05, 3.63) is 24.3 Å². The average molecular weight is 253 g/mol. The van der Waals surface area contributed by atoms with Gasteiger partial charge in [-0.2, -0.15) is 0 Å². The molecule has 0 bridgehead atoms. The summed E-state index contributed by atoms with van der Waals surface area (Å²) in [4.78, 5) is 0. The van der Waals surface area contributed by atoms with E-state index in [2.05, 4.69) is 12.2 Å². The second-order valence-corrected chi connectivity index (χ2v) is 4.16. The Morgan fingerprint density at radius 2 is 1.72 bits per heavy atom. The van der Waals surface area contributed by atoms with E-state index in [1.165, 1.54) is 0 Å². The second-order valence-electron chi connectivity index (χ2n) is 4.16. The van der Waals surface area contributed by atoms with E-state index in [-0.39, 0.29) is 0 Å². The molecule has 0 saturated heterocycles. The van der Waals surface area contributed by atoms with Gasteiger partial charge in [0.15, 0.2) is 0 Å². The quantitative estimate of drug-likeness (QED) is 0.684. The lowest BCUT2D eigenvalue weighted by atomic mass is 10.2. The fourth-order valence-electron chi connectivity index (χ4n) is 1.54. The zero-order valence-corrected chi connectivity index (χ0v) is 11.4. The maximum atomic E-state index is 5.61. The van der Waals surface area contributed by atoms with Gasteiger partial charge in [-0.15, -0.1) is 0 Å². The van der Waals surface area contributed by atoms with Gasteiger partial charge in [-0.25, -0.2) is 0 Å². The molecule has 18 heavy (non-hydrogen) atoms. The summed E-state index contributed by atoms with van der Waals surface area (Å²) in [5.41, 5.74) is 0. The highest BCUT2D eigenvalue weighted by molar-refractivity contribution is 5.31. The molecule has 1 N–H and O–H groups in total. The van der Waals surface area contributed by atoms with Crippen LogP contribution in [0.5, 0.6) is 11.5 Å². The highest BCUT2D eigenvalue weighted by Crippen LogP contribution is 2.16. The molecule has 0 amide bonds. The first kappa shape index (κ1) is 14.8. The molecule has 0 aliphatic carbocycles. The minimum Gasteiger partial charge on any atom is -0.497 e. The van der Waals surface area contributed by atoms with E-state index in [9.17, 15) is 0 Å². The molecule has 1 rings (SSSR count). The Morgan fingerprint density at radius 3 is 2.33 bits per heavy atom. The van der Waals surface area contributed by atoms with E-state index in [1.807, 2.05) is 24.3 Å². The minimum absolute atomic E-state index is 0.449. The molecule has 1 aromatic rings. The van der Waals surface area contributed by atoms with Crippen LogP contribution < -0.4 is 14.8 Å². The number of benzene rings is 1. The van der Waals surface area contributed by atoms with Crippen LogP contribution in [0.1, 0.15) is 13.3 Å². The number of ether oxygens (including phenoxy) is 3. The van der Waals surface area contributed by atoms with Gasteiger partial charge < -0.3 is 19.5 Å². The van der Waals surface area contributed by atoms with Crippen molar-refractivity contribution < 1.29 is 14.2 Å². The number of methoxy groups -OCH3 is 2. The van der Waals surface area contributed by atoms with Gasteiger partial charge >= 0.3 is 0 Å². The molecule has 0 aromatic heterocycles. The Bertz CT molecular complexity index is 313. The van der Waals surface area contributed by atoms with Crippen LogP contribution in [0.15, 0.2) is 24.3 Å². The van der Waals surface area contributed by atoms with Crippen molar-refractivity contribution in [3.63, 3.8) is 0 Å². The van der Waals surface area contributed by atoms with Crippen molar-refractivity contribution in [2.45, 2.75) is 19.4 Å². The Kier molecular flexibility index (Phi) is 7.22. The van der Waals surface area contributed by atoms with E-state index in [1.54, 1.807) is 14.2 Å². The third-order valence-electron chi connectivity index (χ3n) is 2.68. The number of nitrogens with one attached hydrogen (secondary N) is 1. The molecule has 1 atom stereocenters. The number of hydrogen-bond donors (Lipinski definition) is 1. The Labute approximate surface area is 109 Å². The summed E-state index contributed by atoms with van der Waals surface area (Å²) in [6.07, 6.45) is 1.01. The topological polar surface area (TPSA) is 39.7 Å². The monoisotopic (exact) mass is 253 g/mol. The lowest BCUT2D eigenvalue weighted by Crippen LogP contribution is -2.31. The van der Waals surface area contributed by atoms with Crippen molar-refractivity contribution in [2.75, 3.05) is 34.0 Å². The van der Waals surface area contributed by atoms with Gasteiger partial charge in [-0.3, -0.25) is 0 Å². The van der Waals surface area contributed by atoms with Crippen LogP contribution in [0.3, 0.4) is 0 Å². The second kappa shape index (κ2) is 8.78. The lowest BCUT2D eigenvalue weighted by molar-refractivity contribution is 0.183. The zero-order valence-electron chi connectivity index (χ0n) is 11.4. The summed E-state index contributed by atoms with van der Waals surface area (Å²) in [7, 11) is 3.38. The summed E-state index contributed by atoms with van der Waals surface area (Å²) in [5.74, 6) is 1.70. The third kappa shape index (κ3) is 5.89. The number of rotatable bonds is 9. The van der Waals surface area contributed by atoms with E-state index < -0.39 is 0 Å². The Balaban J connectivity index is 2.13. The largest absolute Gasteiger partial charge is 0.497 e. The van der Waals surface area contributed by atoms with Gasteiger partial charge in [0.2, 0.25) is 0 Å². The minimum atomic E-state index is 0.449. The SMILES string of the molecule is COCCC(C)NCCOc1ccc(OC)cc1. The summed E-state index contributed by atoms with van der Waals surface area (Å²) >= 11 is 0. The Hall–Kier alpha value is -1.26. The first-order valence-corrected chi connectivity index (χ1v) is 6.25. The average Bonchev–Trinajstić information content (AvgIpc) is 2.42. The molecule has 0 spiro atoms. The summed E-state index contributed by atoms with van der Waals surface area (Å²) in [6.45, 7) is 4.42. The van der Waals surface area contributed by atoms with Crippen LogP contribution >= 0.6 is 0 Å². The van der Waals surface area contributed by atoms with E-state index in [0.717, 1.165) is 31.1 Å². The fraction of sp³-hybridized carbons (Fsp3) is 0.571. The molecule has 4 heteroatoms. The van der Waals surface area contributed by atoms with Crippen molar-refractivity contribution in [1.29, 1.82) is 0 Å². The van der Waals surface area contributed by atoms with E-state index >= 15 is 0 Å². The fourth-order valence-corrected chi connectivity index (χ4v) is 1.54. The molecule has 1 unspecified atom stereocenters. The maximum Gasteiger partial charge on any atom is 0.119 e. The van der Waals surface area contributed by atoms with Crippen molar-refractivity contribution >= 4 is 0 Å². The summed E-state index contributed by atoms with van der Waals surface area (Å²) < 4.78 is 15.7. The van der Waals surface area contributed by atoms with Crippen molar-refractivity contribution in [1.82, 2.24) is 5.32 Å².